The molecule has 0 radical (unpaired) electrons. The van der Waals surface area contributed by atoms with Crippen LogP contribution in [0.1, 0.15) is 5.69 Å². The standard InChI is InChI=1S/C13H16N4O.HI/c1-14-13(15-2)16-9-11-8-12(18-17-11)10-6-4-3-5-7-10;/h3-8H,9H2,1-2H3,(H2,14,15,16);1H. The summed E-state index contributed by atoms with van der Waals surface area (Å²) >= 11 is 0. The molecule has 0 atom stereocenters. The van der Waals surface area contributed by atoms with Crippen LogP contribution in [0.15, 0.2) is 45.9 Å². The summed E-state index contributed by atoms with van der Waals surface area (Å²) in [5.74, 6) is 1.49. The lowest BCUT2D eigenvalue weighted by Gasteiger charge is -2.05. The molecule has 0 bridgehead atoms. The molecule has 6 heteroatoms. The molecule has 102 valence electrons. The molecule has 0 fully saturated rings. The SMILES string of the molecule is CN=C(NC)NCc1cc(-c2ccccc2)on1.I. The highest BCUT2D eigenvalue weighted by molar-refractivity contribution is 14.0. The first-order chi connectivity index (χ1) is 8.83. The van der Waals surface area contributed by atoms with Crippen molar-refractivity contribution >= 4 is 29.9 Å². The predicted molar refractivity (Wildman–Crippen MR) is 86.6 cm³/mol. The highest BCUT2D eigenvalue weighted by atomic mass is 127. The zero-order valence-corrected chi connectivity index (χ0v) is 13.2. The summed E-state index contributed by atoms with van der Waals surface area (Å²) in [5.41, 5.74) is 1.86. The lowest BCUT2D eigenvalue weighted by atomic mass is 10.2. The normalized spacial score (nSPS) is 10.7. The van der Waals surface area contributed by atoms with Gasteiger partial charge in [0, 0.05) is 25.7 Å². The number of hydrogen-bond acceptors (Lipinski definition) is 3. The van der Waals surface area contributed by atoms with Crippen LogP contribution in [0.4, 0.5) is 0 Å². The summed E-state index contributed by atoms with van der Waals surface area (Å²) in [6.45, 7) is 0.573. The van der Waals surface area contributed by atoms with E-state index in [-0.39, 0.29) is 24.0 Å². The number of aliphatic imine (C=N–C) groups is 1. The van der Waals surface area contributed by atoms with Crippen molar-refractivity contribution in [2.24, 2.45) is 4.99 Å². The maximum atomic E-state index is 5.30. The van der Waals surface area contributed by atoms with Gasteiger partial charge in [-0.05, 0) is 0 Å². The van der Waals surface area contributed by atoms with Crippen LogP contribution < -0.4 is 10.6 Å². The van der Waals surface area contributed by atoms with Crippen LogP contribution in [0.3, 0.4) is 0 Å². The van der Waals surface area contributed by atoms with Crippen molar-refractivity contribution in [1.29, 1.82) is 0 Å². The highest BCUT2D eigenvalue weighted by Gasteiger charge is 2.06. The van der Waals surface area contributed by atoms with Gasteiger partial charge in [-0.3, -0.25) is 4.99 Å². The zero-order chi connectivity index (χ0) is 12.8. The molecule has 0 saturated heterocycles. The number of guanidine groups is 1. The maximum Gasteiger partial charge on any atom is 0.191 e. The van der Waals surface area contributed by atoms with Crippen molar-refractivity contribution in [1.82, 2.24) is 15.8 Å². The average molecular weight is 372 g/mol. The van der Waals surface area contributed by atoms with Gasteiger partial charge in [-0.25, -0.2) is 0 Å². The van der Waals surface area contributed by atoms with Gasteiger partial charge in [0.1, 0.15) is 5.69 Å². The smallest absolute Gasteiger partial charge is 0.191 e. The average Bonchev–Trinajstić information content (AvgIpc) is 2.90. The van der Waals surface area contributed by atoms with Crippen molar-refractivity contribution in [2.45, 2.75) is 6.54 Å². The molecule has 0 unspecified atom stereocenters. The number of nitrogens with one attached hydrogen (secondary N) is 2. The van der Waals surface area contributed by atoms with Crippen LogP contribution in [0, 0.1) is 0 Å². The molecule has 0 aliphatic rings. The fraction of sp³-hybridized carbons (Fsp3) is 0.231. The number of benzene rings is 1. The summed E-state index contributed by atoms with van der Waals surface area (Å²) in [6, 6.07) is 11.8. The summed E-state index contributed by atoms with van der Waals surface area (Å²) in [4.78, 5) is 4.02. The molecule has 0 amide bonds. The van der Waals surface area contributed by atoms with Crippen LogP contribution in [0.5, 0.6) is 0 Å². The molecule has 1 heterocycles. The van der Waals surface area contributed by atoms with E-state index in [1.165, 1.54) is 0 Å². The summed E-state index contributed by atoms with van der Waals surface area (Å²) < 4.78 is 5.30. The predicted octanol–water partition coefficient (Wildman–Crippen LogP) is 2.25. The van der Waals surface area contributed by atoms with Gasteiger partial charge in [0.2, 0.25) is 0 Å². The molecule has 2 rings (SSSR count). The van der Waals surface area contributed by atoms with Gasteiger partial charge < -0.3 is 15.2 Å². The van der Waals surface area contributed by atoms with E-state index in [2.05, 4.69) is 20.8 Å². The molecule has 0 aliphatic carbocycles. The van der Waals surface area contributed by atoms with Crippen LogP contribution in [-0.2, 0) is 6.54 Å². The van der Waals surface area contributed by atoms with Crippen molar-refractivity contribution in [2.75, 3.05) is 14.1 Å². The molecule has 1 aromatic carbocycles. The summed E-state index contributed by atoms with van der Waals surface area (Å²) in [6.07, 6.45) is 0. The highest BCUT2D eigenvalue weighted by Crippen LogP contribution is 2.19. The Bertz CT molecular complexity index is 524. The minimum absolute atomic E-state index is 0. The molecule has 1 aromatic heterocycles. The van der Waals surface area contributed by atoms with Crippen LogP contribution in [0.25, 0.3) is 11.3 Å². The molecule has 19 heavy (non-hydrogen) atoms. The summed E-state index contributed by atoms with van der Waals surface area (Å²) in [7, 11) is 3.53. The second-order valence-corrected chi connectivity index (χ2v) is 3.72. The number of rotatable bonds is 3. The van der Waals surface area contributed by atoms with Gasteiger partial charge in [0.05, 0.1) is 6.54 Å². The van der Waals surface area contributed by atoms with Gasteiger partial charge in [0.15, 0.2) is 11.7 Å². The molecule has 5 nitrogen and oxygen atoms in total. The second-order valence-electron chi connectivity index (χ2n) is 3.72. The molecule has 0 spiro atoms. The van der Waals surface area contributed by atoms with E-state index in [4.69, 9.17) is 4.52 Å². The fourth-order valence-corrected chi connectivity index (χ4v) is 1.59. The van der Waals surface area contributed by atoms with Gasteiger partial charge in [-0.15, -0.1) is 24.0 Å². The molecular weight excluding hydrogens is 355 g/mol. The number of halogens is 1. The topological polar surface area (TPSA) is 62.5 Å². The van der Waals surface area contributed by atoms with E-state index in [1.54, 1.807) is 7.05 Å². The lowest BCUT2D eigenvalue weighted by molar-refractivity contribution is 0.422. The Morgan fingerprint density at radius 3 is 2.68 bits per heavy atom. The third-order valence-electron chi connectivity index (χ3n) is 2.51. The van der Waals surface area contributed by atoms with E-state index in [9.17, 15) is 0 Å². The second kappa shape index (κ2) is 7.78. The monoisotopic (exact) mass is 372 g/mol. The van der Waals surface area contributed by atoms with Crippen molar-refractivity contribution in [3.8, 4) is 11.3 Å². The van der Waals surface area contributed by atoms with Crippen LogP contribution in [0.2, 0.25) is 0 Å². The van der Waals surface area contributed by atoms with E-state index < -0.39 is 0 Å². The third-order valence-corrected chi connectivity index (χ3v) is 2.51. The fourth-order valence-electron chi connectivity index (χ4n) is 1.59. The molecule has 2 aromatic rings. The first kappa shape index (κ1) is 15.5. The minimum atomic E-state index is 0. The van der Waals surface area contributed by atoms with E-state index in [1.807, 2.05) is 43.4 Å². The van der Waals surface area contributed by atoms with E-state index in [0.29, 0.717) is 6.54 Å². The van der Waals surface area contributed by atoms with Gasteiger partial charge in [0.25, 0.3) is 0 Å². The molecule has 2 N–H and O–H groups in total. The Hall–Kier alpha value is -1.57. The summed E-state index contributed by atoms with van der Waals surface area (Å²) in [5, 5.41) is 10.1. The Morgan fingerprint density at radius 1 is 1.32 bits per heavy atom. The Kier molecular flexibility index (Phi) is 6.34. The molecular formula is C13H17IN4O. The van der Waals surface area contributed by atoms with Gasteiger partial charge in [-0.2, -0.15) is 0 Å². The van der Waals surface area contributed by atoms with Gasteiger partial charge >= 0.3 is 0 Å². The van der Waals surface area contributed by atoms with E-state index in [0.717, 1.165) is 23.0 Å². The Labute approximate surface area is 129 Å². The lowest BCUT2D eigenvalue weighted by Crippen LogP contribution is -2.34. The Balaban J connectivity index is 0.00000180. The molecule has 0 aliphatic heterocycles. The van der Waals surface area contributed by atoms with Crippen molar-refractivity contribution < 1.29 is 4.52 Å². The first-order valence-corrected chi connectivity index (χ1v) is 5.73. The van der Waals surface area contributed by atoms with Crippen LogP contribution >= 0.6 is 24.0 Å². The number of hydrogen-bond donors (Lipinski definition) is 2. The van der Waals surface area contributed by atoms with Gasteiger partial charge in [-0.1, -0.05) is 35.5 Å². The quantitative estimate of drug-likeness (QED) is 0.493. The largest absolute Gasteiger partial charge is 0.359 e. The first-order valence-electron chi connectivity index (χ1n) is 5.73. The molecule has 0 saturated carbocycles. The third kappa shape index (κ3) is 4.23. The number of nitrogens with zero attached hydrogens (tertiary/aromatic N) is 2. The number of aromatic nitrogens is 1. The maximum absolute atomic E-state index is 5.30. The van der Waals surface area contributed by atoms with Crippen molar-refractivity contribution in [3.05, 3.63) is 42.1 Å². The minimum Gasteiger partial charge on any atom is -0.359 e. The zero-order valence-electron chi connectivity index (χ0n) is 10.9. The van der Waals surface area contributed by atoms with E-state index >= 15 is 0 Å². The van der Waals surface area contributed by atoms with Crippen LogP contribution in [-0.4, -0.2) is 25.2 Å². The van der Waals surface area contributed by atoms with Crippen molar-refractivity contribution in [3.63, 3.8) is 0 Å². The Morgan fingerprint density at radius 2 is 2.05 bits per heavy atom.